The van der Waals surface area contributed by atoms with Crippen LogP contribution in [-0.4, -0.2) is 43.8 Å². The Bertz CT molecular complexity index is 1540. The van der Waals surface area contributed by atoms with E-state index < -0.39 is 10.0 Å². The van der Waals surface area contributed by atoms with Crippen LogP contribution >= 0.6 is 11.3 Å². The molecule has 7 nitrogen and oxygen atoms in total. The van der Waals surface area contributed by atoms with E-state index in [0.29, 0.717) is 43.4 Å². The Labute approximate surface area is 227 Å². The molecule has 0 radical (unpaired) electrons. The number of rotatable bonds is 7. The van der Waals surface area contributed by atoms with Crippen LogP contribution < -0.4 is 9.64 Å². The summed E-state index contributed by atoms with van der Waals surface area (Å²) in [4.78, 5) is 20.9. The van der Waals surface area contributed by atoms with Crippen LogP contribution in [0, 0.1) is 19.8 Å². The number of piperidine rings is 1. The highest BCUT2D eigenvalue weighted by atomic mass is 32.2. The van der Waals surface area contributed by atoms with Crippen molar-refractivity contribution in [1.82, 2.24) is 9.29 Å². The average Bonchev–Trinajstić information content (AvgIpc) is 3.39. The number of carbonyl (C=O) groups is 1. The molecule has 1 aromatic heterocycles. The van der Waals surface area contributed by atoms with Crippen LogP contribution in [0.2, 0.25) is 0 Å². The van der Waals surface area contributed by atoms with Crippen molar-refractivity contribution in [3.8, 4) is 5.75 Å². The van der Waals surface area contributed by atoms with Crippen molar-refractivity contribution in [1.29, 1.82) is 0 Å². The van der Waals surface area contributed by atoms with Gasteiger partial charge in [0, 0.05) is 19.0 Å². The molecule has 1 saturated heterocycles. The Morgan fingerprint density at radius 3 is 2.37 bits per heavy atom. The molecule has 2 heterocycles. The van der Waals surface area contributed by atoms with E-state index in [2.05, 4.69) is 26.0 Å². The van der Waals surface area contributed by atoms with E-state index in [1.54, 1.807) is 36.3 Å². The molecule has 4 aromatic rings. The molecular formula is C29H31N3O4S2. The van der Waals surface area contributed by atoms with Gasteiger partial charge in [0.05, 0.1) is 28.8 Å². The van der Waals surface area contributed by atoms with Crippen LogP contribution in [0.5, 0.6) is 5.75 Å². The molecular weight excluding hydrogens is 518 g/mol. The monoisotopic (exact) mass is 549 g/mol. The lowest BCUT2D eigenvalue weighted by atomic mass is 9.96. The minimum absolute atomic E-state index is 0.0104. The molecule has 1 amide bonds. The van der Waals surface area contributed by atoms with Gasteiger partial charge >= 0.3 is 0 Å². The number of aromatic nitrogens is 1. The van der Waals surface area contributed by atoms with Gasteiger partial charge in [-0.3, -0.25) is 9.69 Å². The molecule has 0 aliphatic carbocycles. The summed E-state index contributed by atoms with van der Waals surface area (Å²) in [5, 5.41) is 0.677. The van der Waals surface area contributed by atoms with E-state index in [-0.39, 0.29) is 16.7 Å². The number of methoxy groups -OCH3 is 1. The van der Waals surface area contributed by atoms with E-state index in [0.717, 1.165) is 21.3 Å². The molecule has 0 N–H and O–H groups in total. The molecule has 3 aromatic carbocycles. The zero-order valence-corrected chi connectivity index (χ0v) is 23.4. The number of anilines is 1. The summed E-state index contributed by atoms with van der Waals surface area (Å²) >= 11 is 1.52. The summed E-state index contributed by atoms with van der Waals surface area (Å²) in [7, 11) is -2.10. The summed E-state index contributed by atoms with van der Waals surface area (Å²) in [6.45, 7) is 5.13. The zero-order chi connectivity index (χ0) is 26.9. The van der Waals surface area contributed by atoms with Gasteiger partial charge in [0.15, 0.2) is 5.13 Å². The first-order valence-electron chi connectivity index (χ1n) is 12.6. The van der Waals surface area contributed by atoms with Gasteiger partial charge in [-0.2, -0.15) is 4.31 Å². The Morgan fingerprint density at radius 1 is 1.03 bits per heavy atom. The number of nitrogens with zero attached hydrogens (tertiary/aromatic N) is 3. The number of amides is 1. The minimum Gasteiger partial charge on any atom is -0.497 e. The molecule has 0 atom stereocenters. The van der Waals surface area contributed by atoms with E-state index in [4.69, 9.17) is 9.72 Å². The number of aryl methyl sites for hydroxylation is 2. The third kappa shape index (κ3) is 5.18. The Morgan fingerprint density at radius 2 is 1.71 bits per heavy atom. The summed E-state index contributed by atoms with van der Waals surface area (Å²) < 4.78 is 34.1. The van der Waals surface area contributed by atoms with Crippen molar-refractivity contribution >= 4 is 42.6 Å². The molecule has 0 saturated carbocycles. The SMILES string of the molecule is COc1ccc(S(=O)(=O)N2CCC(C(=O)N(Cc3ccccc3)c3nc4c(C)c(C)ccc4s3)CC2)cc1. The molecule has 1 fully saturated rings. The fourth-order valence-corrected chi connectivity index (χ4v) is 7.30. The number of sulfonamides is 1. The van der Waals surface area contributed by atoms with Crippen molar-refractivity contribution in [2.45, 2.75) is 38.1 Å². The Hall–Kier alpha value is -3.27. The second-order valence-corrected chi connectivity index (χ2v) is 12.6. The standard InChI is InChI=1S/C29H31N3O4S2/c1-20-9-14-26-27(21(20)2)30-29(37-26)32(19-22-7-5-4-6-8-22)28(33)23-15-17-31(18-16-23)38(34,35)25-12-10-24(36-3)11-13-25/h4-14,23H,15-19H2,1-3H3. The first-order valence-corrected chi connectivity index (χ1v) is 14.9. The van der Waals surface area contributed by atoms with Crippen molar-refractivity contribution in [2.75, 3.05) is 25.1 Å². The smallest absolute Gasteiger partial charge is 0.243 e. The fraction of sp³-hybridized carbons (Fsp3) is 0.310. The molecule has 9 heteroatoms. The molecule has 0 spiro atoms. The lowest BCUT2D eigenvalue weighted by Gasteiger charge is -2.33. The topological polar surface area (TPSA) is 79.8 Å². The predicted octanol–water partition coefficient (Wildman–Crippen LogP) is 5.56. The van der Waals surface area contributed by atoms with Crippen molar-refractivity contribution in [3.63, 3.8) is 0 Å². The minimum atomic E-state index is -3.64. The van der Waals surface area contributed by atoms with Gasteiger partial charge in [0.1, 0.15) is 5.75 Å². The van der Waals surface area contributed by atoms with Gasteiger partial charge in [-0.25, -0.2) is 13.4 Å². The number of fused-ring (bicyclic) bond motifs is 1. The van der Waals surface area contributed by atoms with Crippen molar-refractivity contribution < 1.29 is 17.9 Å². The maximum atomic E-state index is 13.9. The van der Waals surface area contributed by atoms with Crippen LogP contribution in [0.1, 0.15) is 29.5 Å². The van der Waals surface area contributed by atoms with Gasteiger partial charge in [0.2, 0.25) is 15.9 Å². The molecule has 1 aliphatic heterocycles. The second kappa shape index (κ2) is 10.8. The van der Waals surface area contributed by atoms with E-state index in [1.165, 1.54) is 21.2 Å². The van der Waals surface area contributed by atoms with Gasteiger partial charge in [-0.15, -0.1) is 0 Å². The molecule has 0 unspecified atom stereocenters. The first kappa shape index (κ1) is 26.3. The van der Waals surface area contributed by atoms with Crippen LogP contribution in [-0.2, 0) is 21.4 Å². The number of hydrogen-bond acceptors (Lipinski definition) is 6. The van der Waals surface area contributed by atoms with E-state index >= 15 is 0 Å². The van der Waals surface area contributed by atoms with Gasteiger partial charge in [-0.05, 0) is 73.7 Å². The van der Waals surface area contributed by atoms with Crippen molar-refractivity contribution in [2.24, 2.45) is 5.92 Å². The summed E-state index contributed by atoms with van der Waals surface area (Å²) in [6.07, 6.45) is 0.922. The summed E-state index contributed by atoms with van der Waals surface area (Å²) in [6, 6.07) is 20.5. The zero-order valence-electron chi connectivity index (χ0n) is 21.8. The number of benzene rings is 3. The molecule has 38 heavy (non-hydrogen) atoms. The predicted molar refractivity (Wildman–Crippen MR) is 151 cm³/mol. The highest BCUT2D eigenvalue weighted by Crippen LogP contribution is 2.35. The third-order valence-electron chi connectivity index (χ3n) is 7.25. The lowest BCUT2D eigenvalue weighted by Crippen LogP contribution is -2.44. The summed E-state index contributed by atoms with van der Waals surface area (Å²) in [5.74, 6) is 0.312. The third-order valence-corrected chi connectivity index (χ3v) is 10.2. The van der Waals surface area contributed by atoms with Gasteiger partial charge in [0.25, 0.3) is 0 Å². The summed E-state index contributed by atoms with van der Waals surface area (Å²) in [5.41, 5.74) is 4.23. The van der Waals surface area contributed by atoms with Crippen molar-refractivity contribution in [3.05, 3.63) is 83.4 Å². The number of ether oxygens (including phenoxy) is 1. The van der Waals surface area contributed by atoms with Crippen LogP contribution in [0.4, 0.5) is 5.13 Å². The van der Waals surface area contributed by atoms with Crippen LogP contribution in [0.25, 0.3) is 10.2 Å². The molecule has 0 bridgehead atoms. The molecule has 1 aliphatic rings. The largest absolute Gasteiger partial charge is 0.497 e. The maximum Gasteiger partial charge on any atom is 0.243 e. The highest BCUT2D eigenvalue weighted by Gasteiger charge is 2.35. The molecule has 198 valence electrons. The fourth-order valence-electron chi connectivity index (χ4n) is 4.80. The molecule has 5 rings (SSSR count). The lowest BCUT2D eigenvalue weighted by molar-refractivity contribution is -0.123. The van der Waals surface area contributed by atoms with E-state index in [9.17, 15) is 13.2 Å². The van der Waals surface area contributed by atoms with Gasteiger partial charge < -0.3 is 4.74 Å². The van der Waals surface area contributed by atoms with Crippen LogP contribution in [0.3, 0.4) is 0 Å². The van der Waals surface area contributed by atoms with E-state index in [1.807, 2.05) is 30.3 Å². The highest BCUT2D eigenvalue weighted by molar-refractivity contribution is 7.89. The number of hydrogen-bond donors (Lipinski definition) is 0. The second-order valence-electron chi connectivity index (χ2n) is 9.61. The number of thiazole rings is 1. The quantitative estimate of drug-likeness (QED) is 0.302. The maximum absolute atomic E-state index is 13.9. The normalized spacial score (nSPS) is 15.0. The average molecular weight is 550 g/mol. The first-order chi connectivity index (χ1) is 18.3. The Kier molecular flexibility index (Phi) is 7.52. The number of carbonyl (C=O) groups excluding carboxylic acids is 1. The van der Waals surface area contributed by atoms with Gasteiger partial charge in [-0.1, -0.05) is 47.7 Å². The Balaban J connectivity index is 1.37. The van der Waals surface area contributed by atoms with Crippen LogP contribution in [0.15, 0.2) is 71.6 Å².